The lowest BCUT2D eigenvalue weighted by Gasteiger charge is -2.32. The predicted octanol–water partition coefficient (Wildman–Crippen LogP) is 1.08. The van der Waals surface area contributed by atoms with E-state index in [-0.39, 0.29) is 12.5 Å². The van der Waals surface area contributed by atoms with Gasteiger partial charge in [-0.2, -0.15) is 0 Å². The van der Waals surface area contributed by atoms with E-state index >= 15 is 0 Å². The van der Waals surface area contributed by atoms with Crippen LogP contribution in [-0.4, -0.2) is 35.9 Å². The van der Waals surface area contributed by atoms with Crippen molar-refractivity contribution < 1.29 is 14.6 Å². The SMILES string of the molecule is CCC(C)(OC)C(=O)NC(C)(C)CCO. The summed E-state index contributed by atoms with van der Waals surface area (Å²) in [5.74, 6) is -0.133. The van der Waals surface area contributed by atoms with Gasteiger partial charge >= 0.3 is 0 Å². The molecule has 15 heavy (non-hydrogen) atoms. The number of nitrogens with one attached hydrogen (secondary N) is 1. The molecule has 0 radical (unpaired) electrons. The molecule has 0 aliphatic heterocycles. The van der Waals surface area contributed by atoms with Gasteiger partial charge in [0.05, 0.1) is 0 Å². The first kappa shape index (κ1) is 14.4. The molecule has 4 nitrogen and oxygen atoms in total. The van der Waals surface area contributed by atoms with E-state index in [1.807, 2.05) is 20.8 Å². The molecule has 0 aliphatic carbocycles. The van der Waals surface area contributed by atoms with Gasteiger partial charge in [0, 0.05) is 19.3 Å². The van der Waals surface area contributed by atoms with E-state index < -0.39 is 11.1 Å². The van der Waals surface area contributed by atoms with E-state index in [1.165, 1.54) is 7.11 Å². The van der Waals surface area contributed by atoms with E-state index in [2.05, 4.69) is 5.32 Å². The van der Waals surface area contributed by atoms with Crippen molar-refractivity contribution >= 4 is 5.91 Å². The van der Waals surface area contributed by atoms with Crippen LogP contribution in [-0.2, 0) is 9.53 Å². The van der Waals surface area contributed by atoms with E-state index in [9.17, 15) is 4.79 Å². The van der Waals surface area contributed by atoms with Crippen LogP contribution in [0, 0.1) is 0 Å². The number of methoxy groups -OCH3 is 1. The lowest BCUT2D eigenvalue weighted by molar-refractivity contribution is -0.143. The highest BCUT2D eigenvalue weighted by molar-refractivity contribution is 5.85. The van der Waals surface area contributed by atoms with Gasteiger partial charge in [-0.3, -0.25) is 4.79 Å². The number of carbonyl (C=O) groups excluding carboxylic acids is 1. The fourth-order valence-electron chi connectivity index (χ4n) is 1.18. The maximum absolute atomic E-state index is 11.9. The number of hydrogen-bond donors (Lipinski definition) is 2. The van der Waals surface area contributed by atoms with Gasteiger partial charge < -0.3 is 15.2 Å². The van der Waals surface area contributed by atoms with E-state index in [4.69, 9.17) is 9.84 Å². The standard InChI is InChI=1S/C11H23NO3/c1-6-11(4,15-5)9(14)12-10(2,3)7-8-13/h13H,6-8H2,1-5H3,(H,12,14). The molecule has 0 rings (SSSR count). The quantitative estimate of drug-likeness (QED) is 0.700. The van der Waals surface area contributed by atoms with E-state index in [0.29, 0.717) is 12.8 Å². The Morgan fingerprint density at radius 3 is 2.27 bits per heavy atom. The number of aliphatic hydroxyl groups is 1. The molecule has 2 N–H and O–H groups in total. The molecule has 4 heteroatoms. The van der Waals surface area contributed by atoms with Gasteiger partial charge in [0.15, 0.2) is 0 Å². The van der Waals surface area contributed by atoms with Crippen LogP contribution in [0.25, 0.3) is 0 Å². The number of amides is 1. The average Bonchev–Trinajstić information content (AvgIpc) is 2.15. The zero-order valence-electron chi connectivity index (χ0n) is 10.4. The van der Waals surface area contributed by atoms with Crippen molar-refractivity contribution in [3.05, 3.63) is 0 Å². The topological polar surface area (TPSA) is 58.6 Å². The summed E-state index contributed by atoms with van der Waals surface area (Å²) in [6.45, 7) is 7.49. The molecule has 0 fully saturated rings. The molecular weight excluding hydrogens is 194 g/mol. The van der Waals surface area contributed by atoms with Gasteiger partial charge in [-0.15, -0.1) is 0 Å². The molecule has 0 aromatic carbocycles. The molecule has 0 bridgehead atoms. The number of ether oxygens (including phenoxy) is 1. The molecule has 1 amide bonds. The number of rotatable bonds is 6. The first-order valence-corrected chi connectivity index (χ1v) is 5.30. The minimum absolute atomic E-state index is 0.0586. The van der Waals surface area contributed by atoms with E-state index in [1.54, 1.807) is 6.92 Å². The zero-order valence-corrected chi connectivity index (χ0v) is 10.4. The summed E-state index contributed by atoms with van der Waals surface area (Å²) in [5.41, 5.74) is -1.19. The Hall–Kier alpha value is -0.610. The predicted molar refractivity (Wildman–Crippen MR) is 59.6 cm³/mol. The minimum atomic E-state index is -0.785. The lowest BCUT2D eigenvalue weighted by atomic mass is 9.96. The second-order valence-corrected chi connectivity index (χ2v) is 4.60. The van der Waals surface area contributed by atoms with Gasteiger partial charge in [-0.05, 0) is 33.6 Å². The number of aliphatic hydroxyl groups excluding tert-OH is 1. The molecule has 0 heterocycles. The maximum atomic E-state index is 11.9. The molecule has 1 unspecified atom stereocenters. The second-order valence-electron chi connectivity index (χ2n) is 4.60. The third kappa shape index (κ3) is 4.18. The van der Waals surface area contributed by atoms with Crippen LogP contribution in [0.4, 0.5) is 0 Å². The third-order valence-electron chi connectivity index (χ3n) is 2.79. The molecule has 0 saturated carbocycles. The fourth-order valence-corrected chi connectivity index (χ4v) is 1.18. The van der Waals surface area contributed by atoms with Crippen LogP contribution in [0.2, 0.25) is 0 Å². The summed E-state index contributed by atoms with van der Waals surface area (Å²) in [6.07, 6.45) is 1.15. The smallest absolute Gasteiger partial charge is 0.252 e. The van der Waals surface area contributed by atoms with Crippen molar-refractivity contribution in [3.63, 3.8) is 0 Å². The Kier molecular flexibility index (Phi) is 5.24. The molecular formula is C11H23NO3. The second kappa shape index (κ2) is 5.47. The molecule has 0 spiro atoms. The monoisotopic (exact) mass is 217 g/mol. The van der Waals surface area contributed by atoms with Crippen LogP contribution in [0.5, 0.6) is 0 Å². The molecule has 0 aromatic heterocycles. The van der Waals surface area contributed by atoms with Gasteiger partial charge in [-0.25, -0.2) is 0 Å². The van der Waals surface area contributed by atoms with Crippen LogP contribution in [0.3, 0.4) is 0 Å². The van der Waals surface area contributed by atoms with Crippen molar-refractivity contribution in [3.8, 4) is 0 Å². The minimum Gasteiger partial charge on any atom is -0.396 e. The highest BCUT2D eigenvalue weighted by atomic mass is 16.5. The Morgan fingerprint density at radius 1 is 1.40 bits per heavy atom. The summed E-state index contributed by atoms with van der Waals surface area (Å²) in [6, 6.07) is 0. The van der Waals surface area contributed by atoms with Gasteiger partial charge in [0.25, 0.3) is 5.91 Å². The van der Waals surface area contributed by atoms with Crippen molar-refractivity contribution in [2.75, 3.05) is 13.7 Å². The summed E-state index contributed by atoms with van der Waals surface area (Å²) < 4.78 is 5.20. The molecule has 1 atom stereocenters. The molecule has 90 valence electrons. The summed E-state index contributed by atoms with van der Waals surface area (Å²) >= 11 is 0. The van der Waals surface area contributed by atoms with Crippen LogP contribution < -0.4 is 5.32 Å². The largest absolute Gasteiger partial charge is 0.396 e. The molecule has 0 aromatic rings. The van der Waals surface area contributed by atoms with Gasteiger partial charge in [0.2, 0.25) is 0 Å². The molecule has 0 aliphatic rings. The number of carbonyl (C=O) groups is 1. The van der Waals surface area contributed by atoms with Gasteiger partial charge in [0.1, 0.15) is 5.60 Å². The Bertz CT molecular complexity index is 210. The lowest BCUT2D eigenvalue weighted by Crippen LogP contribution is -2.53. The van der Waals surface area contributed by atoms with Crippen molar-refractivity contribution in [1.82, 2.24) is 5.32 Å². The normalized spacial score (nSPS) is 15.9. The van der Waals surface area contributed by atoms with Crippen LogP contribution >= 0.6 is 0 Å². The fraction of sp³-hybridized carbons (Fsp3) is 0.909. The highest BCUT2D eigenvalue weighted by Crippen LogP contribution is 2.17. The van der Waals surface area contributed by atoms with Crippen LogP contribution in [0.15, 0.2) is 0 Å². The zero-order chi connectivity index (χ0) is 12.1. The maximum Gasteiger partial charge on any atom is 0.252 e. The molecule has 0 saturated heterocycles. The van der Waals surface area contributed by atoms with Gasteiger partial charge in [-0.1, -0.05) is 6.92 Å². The number of hydrogen-bond acceptors (Lipinski definition) is 3. The Morgan fingerprint density at radius 2 is 1.93 bits per heavy atom. The van der Waals surface area contributed by atoms with Crippen molar-refractivity contribution in [2.45, 2.75) is 51.7 Å². The Balaban J connectivity index is 4.47. The average molecular weight is 217 g/mol. The first-order chi connectivity index (χ1) is 6.81. The third-order valence-corrected chi connectivity index (χ3v) is 2.79. The van der Waals surface area contributed by atoms with Crippen molar-refractivity contribution in [1.29, 1.82) is 0 Å². The highest BCUT2D eigenvalue weighted by Gasteiger charge is 2.34. The van der Waals surface area contributed by atoms with Crippen molar-refractivity contribution in [2.24, 2.45) is 0 Å². The Labute approximate surface area is 92.0 Å². The summed E-state index contributed by atoms with van der Waals surface area (Å²) in [7, 11) is 1.53. The first-order valence-electron chi connectivity index (χ1n) is 5.30. The van der Waals surface area contributed by atoms with Crippen LogP contribution in [0.1, 0.15) is 40.5 Å². The van der Waals surface area contributed by atoms with E-state index in [0.717, 1.165) is 0 Å². The summed E-state index contributed by atoms with van der Waals surface area (Å²) in [4.78, 5) is 11.9. The summed E-state index contributed by atoms with van der Waals surface area (Å²) in [5, 5.41) is 11.7.